The lowest BCUT2D eigenvalue weighted by atomic mass is 10.1. The van der Waals surface area contributed by atoms with Crippen LogP contribution in [0.1, 0.15) is 24.0 Å². The third-order valence-corrected chi connectivity index (χ3v) is 5.60. The summed E-state index contributed by atoms with van der Waals surface area (Å²) in [6.45, 7) is 4.17. The molecule has 7 heteroatoms. The van der Waals surface area contributed by atoms with Gasteiger partial charge in [-0.25, -0.2) is 8.42 Å². The molecule has 140 valence electrons. The number of carbonyl (C=O) groups excluding carboxylic acids is 1. The maximum absolute atomic E-state index is 12.2. The third-order valence-electron chi connectivity index (χ3n) is 4.16. The van der Waals surface area contributed by atoms with Crippen molar-refractivity contribution in [3.05, 3.63) is 58.6 Å². The number of hydrogen-bond acceptors (Lipinski definition) is 3. The molecule has 0 saturated heterocycles. The Labute approximate surface area is 160 Å². The van der Waals surface area contributed by atoms with Crippen LogP contribution < -0.4 is 9.62 Å². The number of sulfonamides is 1. The van der Waals surface area contributed by atoms with Gasteiger partial charge < -0.3 is 5.32 Å². The summed E-state index contributed by atoms with van der Waals surface area (Å²) < 4.78 is 25.4. The van der Waals surface area contributed by atoms with Crippen molar-refractivity contribution in [1.29, 1.82) is 0 Å². The van der Waals surface area contributed by atoms with Gasteiger partial charge in [0.15, 0.2) is 0 Å². The van der Waals surface area contributed by atoms with Crippen LogP contribution in [0.3, 0.4) is 0 Å². The van der Waals surface area contributed by atoms with Crippen LogP contribution in [0.5, 0.6) is 0 Å². The van der Waals surface area contributed by atoms with Gasteiger partial charge >= 0.3 is 0 Å². The lowest BCUT2D eigenvalue weighted by Crippen LogP contribution is -2.31. The van der Waals surface area contributed by atoms with Crippen LogP contribution in [0.4, 0.5) is 11.4 Å². The van der Waals surface area contributed by atoms with Crippen molar-refractivity contribution in [2.75, 3.05) is 22.4 Å². The van der Waals surface area contributed by atoms with Crippen LogP contribution in [-0.4, -0.2) is 27.1 Å². The summed E-state index contributed by atoms with van der Waals surface area (Å²) in [4.78, 5) is 12.2. The molecule has 0 spiro atoms. The number of amides is 1. The summed E-state index contributed by atoms with van der Waals surface area (Å²) in [6, 6.07) is 12.3. The van der Waals surface area contributed by atoms with E-state index in [0.29, 0.717) is 17.1 Å². The zero-order valence-corrected chi connectivity index (χ0v) is 16.7. The predicted octanol–water partition coefficient (Wildman–Crippen LogP) is 4.14. The second kappa shape index (κ2) is 8.56. The lowest BCUT2D eigenvalue weighted by Gasteiger charge is -2.22. The molecule has 0 aliphatic rings. The second-order valence-electron chi connectivity index (χ2n) is 6.21. The van der Waals surface area contributed by atoms with Crippen LogP contribution in [0.2, 0.25) is 5.02 Å². The Morgan fingerprint density at radius 3 is 2.38 bits per heavy atom. The highest BCUT2D eigenvalue weighted by atomic mass is 35.5. The summed E-state index contributed by atoms with van der Waals surface area (Å²) in [6.07, 6.45) is 1.79. The number of carbonyl (C=O) groups is 1. The van der Waals surface area contributed by atoms with Gasteiger partial charge in [-0.15, -0.1) is 0 Å². The van der Waals surface area contributed by atoms with Crippen molar-refractivity contribution >= 4 is 38.9 Å². The van der Waals surface area contributed by atoms with Crippen LogP contribution in [0, 0.1) is 13.8 Å². The second-order valence-corrected chi connectivity index (χ2v) is 8.55. The Balaban J connectivity index is 1.98. The van der Waals surface area contributed by atoms with Gasteiger partial charge in [0, 0.05) is 23.7 Å². The van der Waals surface area contributed by atoms with E-state index in [1.54, 1.807) is 24.3 Å². The van der Waals surface area contributed by atoms with Gasteiger partial charge in [-0.1, -0.05) is 23.7 Å². The van der Waals surface area contributed by atoms with Crippen molar-refractivity contribution in [2.24, 2.45) is 0 Å². The van der Waals surface area contributed by atoms with Crippen LogP contribution in [0.25, 0.3) is 0 Å². The van der Waals surface area contributed by atoms with E-state index in [1.807, 2.05) is 32.0 Å². The van der Waals surface area contributed by atoms with Crippen molar-refractivity contribution in [3.63, 3.8) is 0 Å². The number of anilines is 2. The smallest absolute Gasteiger partial charge is 0.232 e. The largest absolute Gasteiger partial charge is 0.326 e. The molecule has 0 heterocycles. The molecule has 5 nitrogen and oxygen atoms in total. The van der Waals surface area contributed by atoms with E-state index < -0.39 is 10.0 Å². The van der Waals surface area contributed by atoms with Crippen molar-refractivity contribution < 1.29 is 13.2 Å². The quantitative estimate of drug-likeness (QED) is 0.767. The molecular formula is C19H23ClN2O3S. The standard InChI is InChI=1S/C19H23ClN2O3S/c1-14-6-4-7-18(15(14)2)21-19(23)8-5-13-22(26(3,24)25)17-11-9-16(20)10-12-17/h4,6-7,9-12H,5,8,13H2,1-3H3,(H,21,23). The van der Waals surface area contributed by atoms with E-state index in [-0.39, 0.29) is 18.9 Å². The van der Waals surface area contributed by atoms with Gasteiger partial charge in [-0.05, 0) is 61.7 Å². The van der Waals surface area contributed by atoms with E-state index in [4.69, 9.17) is 11.6 Å². The van der Waals surface area contributed by atoms with E-state index >= 15 is 0 Å². The van der Waals surface area contributed by atoms with Crippen LogP contribution in [0.15, 0.2) is 42.5 Å². The Hall–Kier alpha value is -2.05. The Morgan fingerprint density at radius 2 is 1.77 bits per heavy atom. The average Bonchev–Trinajstić information content (AvgIpc) is 2.56. The minimum Gasteiger partial charge on any atom is -0.326 e. The highest BCUT2D eigenvalue weighted by Gasteiger charge is 2.17. The van der Waals surface area contributed by atoms with Gasteiger partial charge in [-0.3, -0.25) is 9.10 Å². The normalized spacial score (nSPS) is 11.2. The minimum absolute atomic E-state index is 0.136. The number of rotatable bonds is 7. The predicted molar refractivity (Wildman–Crippen MR) is 107 cm³/mol. The summed E-state index contributed by atoms with van der Waals surface area (Å²) in [5.74, 6) is -0.136. The molecule has 2 aromatic rings. The number of aryl methyl sites for hydroxylation is 1. The molecule has 2 rings (SSSR count). The summed E-state index contributed by atoms with van der Waals surface area (Å²) in [5, 5.41) is 3.42. The molecule has 0 unspecified atom stereocenters. The molecule has 0 aromatic heterocycles. The highest BCUT2D eigenvalue weighted by Crippen LogP contribution is 2.21. The minimum atomic E-state index is -3.44. The number of halogens is 1. The topological polar surface area (TPSA) is 66.5 Å². The summed E-state index contributed by atoms with van der Waals surface area (Å²) >= 11 is 5.86. The van der Waals surface area contributed by atoms with Crippen LogP contribution >= 0.6 is 11.6 Å². The van der Waals surface area contributed by atoms with Gasteiger partial charge in [0.05, 0.1) is 11.9 Å². The highest BCUT2D eigenvalue weighted by molar-refractivity contribution is 7.92. The maximum atomic E-state index is 12.2. The monoisotopic (exact) mass is 394 g/mol. The van der Waals surface area contributed by atoms with Crippen molar-refractivity contribution in [3.8, 4) is 0 Å². The molecule has 2 aromatic carbocycles. The molecule has 0 aliphatic carbocycles. The van der Waals surface area contributed by atoms with Gasteiger partial charge in [0.2, 0.25) is 15.9 Å². The molecule has 0 fully saturated rings. The molecule has 1 amide bonds. The first kappa shape index (κ1) is 20.3. The van der Waals surface area contributed by atoms with E-state index in [2.05, 4.69) is 5.32 Å². The molecule has 1 N–H and O–H groups in total. The first-order valence-corrected chi connectivity index (χ1v) is 10.5. The van der Waals surface area contributed by atoms with E-state index in [9.17, 15) is 13.2 Å². The summed E-state index contributed by atoms with van der Waals surface area (Å²) in [5.41, 5.74) is 3.45. The third kappa shape index (κ3) is 5.47. The Kier molecular flexibility index (Phi) is 6.67. The molecule has 0 atom stereocenters. The van der Waals surface area contributed by atoms with Crippen molar-refractivity contribution in [1.82, 2.24) is 0 Å². The maximum Gasteiger partial charge on any atom is 0.232 e. The van der Waals surface area contributed by atoms with Gasteiger partial charge in [0.25, 0.3) is 0 Å². The first-order chi connectivity index (χ1) is 12.2. The van der Waals surface area contributed by atoms with Gasteiger partial charge in [-0.2, -0.15) is 0 Å². The molecule has 0 bridgehead atoms. The van der Waals surface area contributed by atoms with Crippen LogP contribution in [-0.2, 0) is 14.8 Å². The molecular weight excluding hydrogens is 372 g/mol. The summed E-state index contributed by atoms with van der Waals surface area (Å²) in [7, 11) is -3.44. The molecule has 0 aliphatic heterocycles. The van der Waals surface area contributed by atoms with E-state index in [1.165, 1.54) is 4.31 Å². The molecule has 26 heavy (non-hydrogen) atoms. The number of nitrogens with zero attached hydrogens (tertiary/aromatic N) is 1. The van der Waals surface area contributed by atoms with Crippen molar-refractivity contribution in [2.45, 2.75) is 26.7 Å². The first-order valence-electron chi connectivity index (χ1n) is 8.28. The fraction of sp³-hybridized carbons (Fsp3) is 0.316. The van der Waals surface area contributed by atoms with E-state index in [0.717, 1.165) is 23.1 Å². The number of benzene rings is 2. The Morgan fingerprint density at radius 1 is 1.12 bits per heavy atom. The molecule has 0 saturated carbocycles. The Bertz CT molecular complexity index is 880. The zero-order valence-electron chi connectivity index (χ0n) is 15.1. The number of nitrogens with one attached hydrogen (secondary N) is 1. The SMILES string of the molecule is Cc1cccc(NC(=O)CCCN(c2ccc(Cl)cc2)S(C)(=O)=O)c1C. The number of hydrogen-bond donors (Lipinski definition) is 1. The fourth-order valence-electron chi connectivity index (χ4n) is 2.58. The molecule has 0 radical (unpaired) electrons. The van der Waals surface area contributed by atoms with Gasteiger partial charge in [0.1, 0.15) is 0 Å². The average molecular weight is 395 g/mol. The lowest BCUT2D eigenvalue weighted by molar-refractivity contribution is -0.116. The zero-order chi connectivity index (χ0) is 19.3. The fourth-order valence-corrected chi connectivity index (χ4v) is 3.67.